The van der Waals surface area contributed by atoms with Gasteiger partial charge in [0.2, 0.25) is 0 Å². The highest BCUT2D eigenvalue weighted by atomic mass is 35.5. The summed E-state index contributed by atoms with van der Waals surface area (Å²) in [6.45, 7) is 3.95. The smallest absolute Gasteiger partial charge is 0.162 e. The molecule has 0 radical (unpaired) electrons. The van der Waals surface area contributed by atoms with Gasteiger partial charge in [-0.3, -0.25) is 0 Å². The first-order valence-electron chi connectivity index (χ1n) is 6.65. The van der Waals surface area contributed by atoms with Crippen molar-refractivity contribution in [3.8, 4) is 11.5 Å². The number of rotatable bonds is 4. The van der Waals surface area contributed by atoms with Crippen molar-refractivity contribution in [1.29, 1.82) is 0 Å². The van der Waals surface area contributed by atoms with Gasteiger partial charge >= 0.3 is 0 Å². The number of benzene rings is 1. The van der Waals surface area contributed by atoms with E-state index in [0.717, 1.165) is 23.6 Å². The van der Waals surface area contributed by atoms with Crippen LogP contribution in [-0.4, -0.2) is 19.8 Å². The molecule has 3 rings (SSSR count). The quantitative estimate of drug-likeness (QED) is 0.938. The molecular weight excluding hydrogens is 278 g/mol. The molecular formula is C15H16ClNO3. The van der Waals surface area contributed by atoms with E-state index in [4.69, 9.17) is 25.5 Å². The Kier molecular flexibility index (Phi) is 3.85. The summed E-state index contributed by atoms with van der Waals surface area (Å²) in [5, 5.41) is 4.01. The first-order chi connectivity index (χ1) is 9.79. The molecule has 0 saturated carbocycles. The first-order valence-corrected chi connectivity index (χ1v) is 7.03. The third-order valence-electron chi connectivity index (χ3n) is 3.21. The summed E-state index contributed by atoms with van der Waals surface area (Å²) in [5.74, 6) is 2.25. The number of ether oxygens (including phenoxy) is 2. The minimum Gasteiger partial charge on any atom is -0.486 e. The lowest BCUT2D eigenvalue weighted by Gasteiger charge is -2.23. The molecule has 1 N–H and O–H groups in total. The second kappa shape index (κ2) is 5.77. The van der Waals surface area contributed by atoms with Crippen LogP contribution in [0.2, 0.25) is 5.02 Å². The predicted molar refractivity (Wildman–Crippen MR) is 76.7 cm³/mol. The normalized spacial score (nSPS) is 15.1. The summed E-state index contributed by atoms with van der Waals surface area (Å²) < 4.78 is 16.7. The third kappa shape index (κ3) is 2.49. The van der Waals surface area contributed by atoms with E-state index < -0.39 is 0 Å². The molecule has 2 aromatic rings. The number of hydrogen-bond acceptors (Lipinski definition) is 4. The Morgan fingerprint density at radius 1 is 1.25 bits per heavy atom. The minimum absolute atomic E-state index is 0.0988. The Labute approximate surface area is 122 Å². The van der Waals surface area contributed by atoms with Gasteiger partial charge in [-0.25, -0.2) is 0 Å². The van der Waals surface area contributed by atoms with Gasteiger partial charge in [0.1, 0.15) is 19.0 Å². The number of nitrogens with one attached hydrogen (secondary N) is 1. The van der Waals surface area contributed by atoms with Crippen LogP contribution in [-0.2, 0) is 0 Å². The molecule has 5 heteroatoms. The average Bonchev–Trinajstić information content (AvgIpc) is 2.98. The summed E-state index contributed by atoms with van der Waals surface area (Å²) in [4.78, 5) is 0. The number of halogens is 1. The molecule has 106 valence electrons. The standard InChI is InChI=1S/C15H16ClNO3/c1-2-17-15(12-4-3-5-18-12)10-8-13-14(9-11(10)16)20-7-6-19-13/h3-5,8-9,15,17H,2,6-7H2,1H3. The van der Waals surface area contributed by atoms with E-state index in [1.165, 1.54) is 0 Å². The van der Waals surface area contributed by atoms with Crippen molar-refractivity contribution in [2.24, 2.45) is 0 Å². The van der Waals surface area contributed by atoms with Gasteiger partial charge in [0.05, 0.1) is 12.3 Å². The molecule has 1 atom stereocenters. The number of fused-ring (bicyclic) bond motifs is 1. The van der Waals surface area contributed by atoms with E-state index >= 15 is 0 Å². The van der Waals surface area contributed by atoms with E-state index in [-0.39, 0.29) is 6.04 Å². The Balaban J connectivity index is 2.02. The molecule has 0 spiro atoms. The van der Waals surface area contributed by atoms with Gasteiger partial charge in [-0.15, -0.1) is 0 Å². The van der Waals surface area contributed by atoms with Crippen molar-refractivity contribution < 1.29 is 13.9 Å². The van der Waals surface area contributed by atoms with Crippen LogP contribution in [0, 0.1) is 0 Å². The Morgan fingerprint density at radius 3 is 2.65 bits per heavy atom. The van der Waals surface area contributed by atoms with E-state index in [2.05, 4.69) is 5.32 Å². The molecule has 0 bridgehead atoms. The zero-order valence-electron chi connectivity index (χ0n) is 11.2. The van der Waals surface area contributed by atoms with Crippen molar-refractivity contribution in [2.75, 3.05) is 19.8 Å². The van der Waals surface area contributed by atoms with Crippen molar-refractivity contribution in [2.45, 2.75) is 13.0 Å². The van der Waals surface area contributed by atoms with Crippen molar-refractivity contribution >= 4 is 11.6 Å². The number of hydrogen-bond donors (Lipinski definition) is 1. The van der Waals surface area contributed by atoms with E-state index in [0.29, 0.717) is 24.0 Å². The topological polar surface area (TPSA) is 43.6 Å². The molecule has 1 aromatic carbocycles. The minimum atomic E-state index is -0.0988. The molecule has 1 aliphatic heterocycles. The van der Waals surface area contributed by atoms with Gasteiger partial charge in [0, 0.05) is 11.1 Å². The fraction of sp³-hybridized carbons (Fsp3) is 0.333. The molecule has 0 amide bonds. The van der Waals surface area contributed by atoms with Gasteiger partial charge in [0.25, 0.3) is 0 Å². The van der Waals surface area contributed by atoms with Crippen LogP contribution in [0.3, 0.4) is 0 Å². The maximum Gasteiger partial charge on any atom is 0.162 e. The summed E-state index contributed by atoms with van der Waals surface area (Å²) in [5.41, 5.74) is 0.924. The zero-order valence-corrected chi connectivity index (χ0v) is 11.9. The Bertz CT molecular complexity index is 583. The number of furan rings is 1. The van der Waals surface area contributed by atoms with E-state index in [1.54, 1.807) is 12.3 Å². The van der Waals surface area contributed by atoms with Crippen LogP contribution >= 0.6 is 11.6 Å². The molecule has 20 heavy (non-hydrogen) atoms. The monoisotopic (exact) mass is 293 g/mol. The highest BCUT2D eigenvalue weighted by Gasteiger charge is 2.23. The summed E-state index contributed by atoms with van der Waals surface area (Å²) >= 11 is 6.39. The second-order valence-electron chi connectivity index (χ2n) is 4.52. The lowest BCUT2D eigenvalue weighted by Crippen LogP contribution is -2.22. The maximum atomic E-state index is 6.39. The predicted octanol–water partition coefficient (Wildman–Crippen LogP) is 3.40. The van der Waals surface area contributed by atoms with Gasteiger partial charge in [-0.1, -0.05) is 18.5 Å². The fourth-order valence-electron chi connectivity index (χ4n) is 2.32. The van der Waals surface area contributed by atoms with Gasteiger partial charge in [-0.05, 0) is 30.3 Å². The summed E-state index contributed by atoms with van der Waals surface area (Å²) in [6.07, 6.45) is 1.66. The van der Waals surface area contributed by atoms with Crippen LogP contribution in [0.1, 0.15) is 24.3 Å². The highest BCUT2D eigenvalue weighted by molar-refractivity contribution is 6.31. The SMILES string of the molecule is CCNC(c1ccco1)c1cc2c(cc1Cl)OCCO2. The van der Waals surface area contributed by atoms with Gasteiger partial charge in [0.15, 0.2) is 11.5 Å². The molecule has 4 nitrogen and oxygen atoms in total. The maximum absolute atomic E-state index is 6.39. The lowest BCUT2D eigenvalue weighted by molar-refractivity contribution is 0.171. The highest BCUT2D eigenvalue weighted by Crippen LogP contribution is 2.39. The van der Waals surface area contributed by atoms with Crippen LogP contribution in [0.15, 0.2) is 34.9 Å². The van der Waals surface area contributed by atoms with Crippen LogP contribution in [0.25, 0.3) is 0 Å². The van der Waals surface area contributed by atoms with Crippen LogP contribution < -0.4 is 14.8 Å². The summed E-state index contributed by atoms with van der Waals surface area (Å²) in [7, 11) is 0. The van der Waals surface area contributed by atoms with E-state index in [1.807, 2.05) is 25.1 Å². The molecule has 0 fully saturated rings. The first kappa shape index (κ1) is 13.3. The van der Waals surface area contributed by atoms with Crippen molar-refractivity contribution in [1.82, 2.24) is 5.32 Å². The molecule has 2 heterocycles. The van der Waals surface area contributed by atoms with Gasteiger partial charge in [-0.2, -0.15) is 0 Å². The lowest BCUT2D eigenvalue weighted by atomic mass is 10.0. The van der Waals surface area contributed by atoms with Crippen LogP contribution in [0.4, 0.5) is 0 Å². The second-order valence-corrected chi connectivity index (χ2v) is 4.93. The average molecular weight is 294 g/mol. The molecule has 0 aliphatic carbocycles. The zero-order chi connectivity index (χ0) is 13.9. The molecule has 1 aliphatic rings. The third-order valence-corrected chi connectivity index (χ3v) is 3.54. The largest absolute Gasteiger partial charge is 0.486 e. The van der Waals surface area contributed by atoms with Gasteiger partial charge < -0.3 is 19.2 Å². The summed E-state index contributed by atoms with van der Waals surface area (Å²) in [6, 6.07) is 7.43. The Hall–Kier alpha value is -1.65. The molecule has 1 aromatic heterocycles. The Morgan fingerprint density at radius 2 is 2.00 bits per heavy atom. The van der Waals surface area contributed by atoms with E-state index in [9.17, 15) is 0 Å². The van der Waals surface area contributed by atoms with Crippen LogP contribution in [0.5, 0.6) is 11.5 Å². The molecule has 1 unspecified atom stereocenters. The van der Waals surface area contributed by atoms with Crippen molar-refractivity contribution in [3.05, 3.63) is 46.9 Å². The molecule has 0 saturated heterocycles. The fourth-order valence-corrected chi connectivity index (χ4v) is 2.59. The van der Waals surface area contributed by atoms with Crippen molar-refractivity contribution in [3.63, 3.8) is 0 Å².